The summed E-state index contributed by atoms with van der Waals surface area (Å²) in [4.78, 5) is 0. The molecule has 42 heavy (non-hydrogen) atoms. The average Bonchev–Trinajstić information content (AvgIpc) is 3.53. The Balaban J connectivity index is 1.61. The summed E-state index contributed by atoms with van der Waals surface area (Å²) in [6.07, 6.45) is 4.68. The van der Waals surface area contributed by atoms with E-state index in [4.69, 9.17) is 26.5 Å². The van der Waals surface area contributed by atoms with Gasteiger partial charge >= 0.3 is 261 Å². The first-order valence-electron chi connectivity index (χ1n) is 14.6. The summed E-state index contributed by atoms with van der Waals surface area (Å²) in [5.41, 5.74) is 12.1. The van der Waals surface area contributed by atoms with Crippen LogP contribution in [-0.2, 0) is 15.6 Å². The number of methoxy groups -OCH3 is 2. The molecule has 6 rings (SSSR count). The molecule has 0 radical (unpaired) electrons. The number of fused-ring (bicyclic) bond motifs is 2. The van der Waals surface area contributed by atoms with Gasteiger partial charge in [-0.2, -0.15) is 0 Å². The van der Waals surface area contributed by atoms with Crippen LogP contribution in [0.2, 0.25) is 13.1 Å². The molecule has 0 N–H and O–H groups in total. The van der Waals surface area contributed by atoms with Crippen LogP contribution >= 0.6 is 17.0 Å². The van der Waals surface area contributed by atoms with E-state index in [0.717, 1.165) is 33.8 Å². The fourth-order valence-electron chi connectivity index (χ4n) is 7.46. The van der Waals surface area contributed by atoms with Crippen LogP contribution in [0.4, 0.5) is 0 Å². The van der Waals surface area contributed by atoms with Crippen molar-refractivity contribution in [3.63, 3.8) is 0 Å². The van der Waals surface area contributed by atoms with Gasteiger partial charge in [-0.25, -0.2) is 0 Å². The van der Waals surface area contributed by atoms with Crippen molar-refractivity contribution >= 4 is 35.1 Å². The number of rotatable bonds is 7. The van der Waals surface area contributed by atoms with E-state index < -0.39 is 21.5 Å². The Morgan fingerprint density at radius 1 is 0.619 bits per heavy atom. The van der Waals surface area contributed by atoms with Gasteiger partial charge in [-0.15, -0.1) is 0 Å². The zero-order chi connectivity index (χ0) is 29.8. The average molecular weight is 692 g/mol. The topological polar surface area (TPSA) is 18.5 Å². The van der Waals surface area contributed by atoms with Gasteiger partial charge < -0.3 is 0 Å². The van der Waals surface area contributed by atoms with Crippen molar-refractivity contribution in [2.45, 2.75) is 34.2 Å². The van der Waals surface area contributed by atoms with Crippen molar-refractivity contribution in [1.29, 1.82) is 0 Å². The standard InChI is InChI=1S/2C17H15O.C2H7Si.2ClH.Zr/c2*1-12-8-14-10-15(18-2)11-17(16(14)9-12)13-6-4-3-5-7-13;1-3-2;;;/h2*3-11H,1-2H3;3H,1-2H3;2*1H;/q;;;;;+2/p-2. The van der Waals surface area contributed by atoms with Crippen molar-refractivity contribution in [2.24, 2.45) is 0 Å². The molecule has 2 nitrogen and oxygen atoms in total. The second-order valence-corrected chi connectivity index (χ2v) is 54.6. The van der Waals surface area contributed by atoms with Crippen molar-refractivity contribution in [3.8, 4) is 33.8 Å². The summed E-state index contributed by atoms with van der Waals surface area (Å²) < 4.78 is 11.7. The molecule has 2 aliphatic carbocycles. The van der Waals surface area contributed by atoms with Crippen LogP contribution < -0.4 is 9.47 Å². The first-order valence-corrected chi connectivity index (χ1v) is 30.9. The fraction of sp³-hybridized carbons (Fsp3) is 0.222. The van der Waals surface area contributed by atoms with Crippen LogP contribution in [0, 0.1) is 0 Å². The van der Waals surface area contributed by atoms with E-state index in [1.807, 2.05) is 0 Å². The van der Waals surface area contributed by atoms with Crippen LogP contribution in [-0.4, -0.2) is 20.1 Å². The predicted molar refractivity (Wildman–Crippen MR) is 180 cm³/mol. The fourth-order valence-corrected chi connectivity index (χ4v) is 40.3. The van der Waals surface area contributed by atoms with Crippen molar-refractivity contribution in [3.05, 3.63) is 118 Å². The Hall–Kier alpha value is -2.36. The Morgan fingerprint density at radius 2 is 1.00 bits per heavy atom. The van der Waals surface area contributed by atoms with Gasteiger partial charge in [0.25, 0.3) is 0 Å². The number of hydrogen-bond acceptors (Lipinski definition) is 2. The van der Waals surface area contributed by atoms with Gasteiger partial charge in [0.2, 0.25) is 0 Å². The molecule has 0 amide bonds. The second kappa shape index (κ2) is 11.0. The quantitative estimate of drug-likeness (QED) is 0.180. The third-order valence-electron chi connectivity index (χ3n) is 9.49. The third kappa shape index (κ3) is 4.53. The van der Waals surface area contributed by atoms with Crippen LogP contribution in [0.5, 0.6) is 11.5 Å². The molecule has 0 saturated carbocycles. The normalized spacial score (nSPS) is 18.5. The van der Waals surface area contributed by atoms with Gasteiger partial charge in [0, 0.05) is 0 Å². The molecular weight excluding hydrogens is 655 g/mol. The molecule has 0 spiro atoms. The molecule has 0 saturated heterocycles. The molecule has 2 unspecified atom stereocenters. The Morgan fingerprint density at radius 3 is 1.33 bits per heavy atom. The molecule has 215 valence electrons. The first-order chi connectivity index (χ1) is 20.1. The predicted octanol–water partition coefficient (Wildman–Crippen LogP) is 10.6. The van der Waals surface area contributed by atoms with E-state index in [0.29, 0.717) is 0 Å². The van der Waals surface area contributed by atoms with Crippen LogP contribution in [0.15, 0.2) is 96.1 Å². The monoisotopic (exact) mass is 689 g/mol. The Labute approximate surface area is 258 Å². The van der Waals surface area contributed by atoms with E-state index in [-0.39, 0.29) is 7.25 Å². The molecular formula is C36H37Cl2O2SiZr. The summed E-state index contributed by atoms with van der Waals surface area (Å²) in [6, 6.07) is 29.8. The molecule has 0 heterocycles. The van der Waals surface area contributed by atoms with Gasteiger partial charge in [-0.05, 0) is 0 Å². The van der Waals surface area contributed by atoms with Gasteiger partial charge in [-0.3, -0.25) is 0 Å². The van der Waals surface area contributed by atoms with Gasteiger partial charge in [0.1, 0.15) is 0 Å². The number of allylic oxidation sites excluding steroid dienone is 2. The van der Waals surface area contributed by atoms with Gasteiger partial charge in [0.05, 0.1) is 0 Å². The molecule has 0 fully saturated rings. The minimum absolute atomic E-state index is 0.0142. The third-order valence-corrected chi connectivity index (χ3v) is 61.8. The van der Waals surface area contributed by atoms with Gasteiger partial charge in [-0.1, -0.05) is 0 Å². The van der Waals surface area contributed by atoms with Crippen LogP contribution in [0.25, 0.3) is 34.4 Å². The molecule has 2 aliphatic rings. The van der Waals surface area contributed by atoms with Crippen LogP contribution in [0.1, 0.15) is 43.4 Å². The summed E-state index contributed by atoms with van der Waals surface area (Å²) in [7, 11) is 20.4. The minimum atomic E-state index is -4.85. The van der Waals surface area contributed by atoms with Crippen molar-refractivity contribution in [2.75, 3.05) is 14.2 Å². The van der Waals surface area contributed by atoms with Crippen molar-refractivity contribution in [1.82, 2.24) is 0 Å². The number of ether oxygens (including phenoxy) is 2. The molecule has 6 heteroatoms. The maximum atomic E-state index is 8.45. The maximum absolute atomic E-state index is 8.45. The SMILES string of the molecule is COc1cc(-c2ccccc2)c2c(c1)[CH]([Zr]([Cl])([Cl])([CH]1C(C)=Cc3c(-c4ccccc4)cc(OC)cc31)[SiH](C)C)C(C)=C2. The molecule has 0 aromatic heterocycles. The van der Waals surface area contributed by atoms with Crippen molar-refractivity contribution < 1.29 is 25.0 Å². The number of benzene rings is 4. The van der Waals surface area contributed by atoms with E-state index in [1.165, 1.54) is 33.4 Å². The Bertz CT molecular complexity index is 1620. The summed E-state index contributed by atoms with van der Waals surface area (Å²) in [6.45, 7) is 9.21. The van der Waals surface area contributed by atoms with Crippen LogP contribution in [0.3, 0.4) is 0 Å². The molecule has 2 atom stereocenters. The molecule has 0 bridgehead atoms. The molecule has 4 aromatic carbocycles. The summed E-state index contributed by atoms with van der Waals surface area (Å²) in [5, 5.41) is 0. The second-order valence-electron chi connectivity index (χ2n) is 12.1. The zero-order valence-electron chi connectivity index (χ0n) is 25.0. The Kier molecular flexibility index (Phi) is 7.76. The molecule has 4 aromatic rings. The number of hydrogen-bond donors (Lipinski definition) is 0. The molecule has 0 aliphatic heterocycles. The summed E-state index contributed by atoms with van der Waals surface area (Å²) in [5.74, 6) is 0.00645. The van der Waals surface area contributed by atoms with E-state index >= 15 is 0 Å². The number of halogens is 2. The zero-order valence-corrected chi connectivity index (χ0v) is 30.2. The van der Waals surface area contributed by atoms with E-state index in [2.05, 4.69) is 124 Å². The first kappa shape index (κ1) is 29.7. The van der Waals surface area contributed by atoms with Gasteiger partial charge in [0.15, 0.2) is 0 Å². The van der Waals surface area contributed by atoms with E-state index in [1.54, 1.807) is 14.2 Å². The summed E-state index contributed by atoms with van der Waals surface area (Å²) >= 11 is -4.85. The van der Waals surface area contributed by atoms with E-state index in [9.17, 15) is 0 Å².